The Morgan fingerprint density at radius 3 is 2.68 bits per heavy atom. The highest BCUT2D eigenvalue weighted by Crippen LogP contribution is 2.37. The van der Waals surface area contributed by atoms with Crippen LogP contribution in [0.1, 0.15) is 19.3 Å². The van der Waals surface area contributed by atoms with Gasteiger partial charge in [-0.15, -0.1) is 0 Å². The molecule has 0 bridgehead atoms. The Hall–Kier alpha value is -1.69. The number of likely N-dealkylation sites (tertiary alicyclic amines) is 1. The number of allylic oxidation sites excluding steroid dienone is 4. The number of hydrogen-bond donors (Lipinski definition) is 1. The zero-order valence-corrected chi connectivity index (χ0v) is 16.8. The fourth-order valence-electron chi connectivity index (χ4n) is 3.48. The summed E-state index contributed by atoms with van der Waals surface area (Å²) in [5.74, 6) is -1.72. The highest BCUT2D eigenvalue weighted by Gasteiger charge is 2.43. The molecule has 0 aromatic heterocycles. The minimum Gasteiger partial charge on any atom is -0.325 e. The third-order valence-electron chi connectivity index (χ3n) is 5.05. The van der Waals surface area contributed by atoms with Gasteiger partial charge >= 0.3 is 0 Å². The molecule has 2 fully saturated rings. The van der Waals surface area contributed by atoms with Gasteiger partial charge in [0.05, 0.1) is 11.1 Å². The molecule has 1 aliphatic heterocycles. The van der Waals surface area contributed by atoms with Crippen LogP contribution < -0.4 is 5.32 Å². The van der Waals surface area contributed by atoms with Crippen LogP contribution in [-0.2, 0) is 4.79 Å². The van der Waals surface area contributed by atoms with E-state index < -0.39 is 23.6 Å². The highest BCUT2D eigenvalue weighted by atomic mass is 35.5. The maximum Gasteiger partial charge on any atom is 0.242 e. The first-order chi connectivity index (χ1) is 13.3. The second kappa shape index (κ2) is 9.21. The Bertz CT molecular complexity index is 820. The third kappa shape index (κ3) is 5.43. The number of hydrogen-bond acceptors (Lipinski definition) is 2. The quantitative estimate of drug-likeness (QED) is 0.555. The molecular weight excluding hydrogens is 405 g/mol. The summed E-state index contributed by atoms with van der Waals surface area (Å²) in [6.07, 6.45) is 4.73. The lowest BCUT2D eigenvalue weighted by molar-refractivity contribution is -0.121. The van der Waals surface area contributed by atoms with Crippen molar-refractivity contribution in [3.8, 4) is 0 Å². The molecule has 3 rings (SSSR count). The molecule has 1 N–H and O–H groups in total. The van der Waals surface area contributed by atoms with Crippen LogP contribution in [0.3, 0.4) is 0 Å². The molecule has 150 valence electrons. The number of rotatable bonds is 7. The monoisotopic (exact) mass is 426 g/mol. The van der Waals surface area contributed by atoms with E-state index in [0.717, 1.165) is 31.5 Å². The van der Waals surface area contributed by atoms with Gasteiger partial charge in [0.2, 0.25) is 5.91 Å². The second-order valence-corrected chi connectivity index (χ2v) is 8.14. The number of amides is 1. The molecule has 28 heavy (non-hydrogen) atoms. The Labute approximate surface area is 173 Å². The fourth-order valence-corrected chi connectivity index (χ4v) is 3.73. The molecule has 0 spiro atoms. The molecule has 1 amide bonds. The highest BCUT2D eigenvalue weighted by molar-refractivity contribution is 6.31. The van der Waals surface area contributed by atoms with E-state index in [4.69, 9.17) is 23.2 Å². The SMILES string of the molecule is C=C(Cl)/C(F)=C\C=C(/F)C1CCN(CC2CC2)C1C(=O)Nc1cccc(Cl)c1. The first-order valence-electron chi connectivity index (χ1n) is 9.23. The molecule has 1 aromatic rings. The summed E-state index contributed by atoms with van der Waals surface area (Å²) in [7, 11) is 0. The standard InChI is InChI=1S/C21H22Cl2F2N2O/c1-13(22)18(24)7-8-19(25)17-9-10-27(12-14-5-6-14)20(17)21(28)26-16-4-2-3-15(23)11-16/h2-4,7-8,11,14,17,20H,1,5-6,9-10,12H2,(H,26,28)/b18-7+,19-8-. The summed E-state index contributed by atoms with van der Waals surface area (Å²) < 4.78 is 28.3. The van der Waals surface area contributed by atoms with Crippen molar-refractivity contribution in [3.05, 3.63) is 64.7 Å². The van der Waals surface area contributed by atoms with E-state index >= 15 is 0 Å². The van der Waals surface area contributed by atoms with Crippen molar-refractivity contribution < 1.29 is 13.6 Å². The topological polar surface area (TPSA) is 32.3 Å². The first-order valence-corrected chi connectivity index (χ1v) is 9.99. The molecule has 1 heterocycles. The van der Waals surface area contributed by atoms with Gasteiger partial charge in [0.15, 0.2) is 0 Å². The Morgan fingerprint density at radius 2 is 2.04 bits per heavy atom. The van der Waals surface area contributed by atoms with Crippen LogP contribution >= 0.6 is 23.2 Å². The van der Waals surface area contributed by atoms with Gasteiger partial charge in [0, 0.05) is 23.2 Å². The Kier molecular flexibility index (Phi) is 6.91. The van der Waals surface area contributed by atoms with E-state index in [1.54, 1.807) is 24.3 Å². The fraction of sp³-hybridized carbons (Fsp3) is 0.381. The van der Waals surface area contributed by atoms with E-state index in [9.17, 15) is 13.6 Å². The predicted molar refractivity (Wildman–Crippen MR) is 110 cm³/mol. The normalized spacial score (nSPS) is 23.7. The molecule has 1 saturated heterocycles. The zero-order valence-electron chi connectivity index (χ0n) is 15.3. The molecule has 2 aliphatic rings. The van der Waals surface area contributed by atoms with E-state index in [0.29, 0.717) is 29.6 Å². The lowest BCUT2D eigenvalue weighted by Crippen LogP contribution is -2.44. The Morgan fingerprint density at radius 1 is 1.29 bits per heavy atom. The summed E-state index contributed by atoms with van der Waals surface area (Å²) >= 11 is 11.4. The van der Waals surface area contributed by atoms with Crippen LogP contribution in [0.15, 0.2) is 59.7 Å². The van der Waals surface area contributed by atoms with E-state index in [1.165, 1.54) is 0 Å². The zero-order chi connectivity index (χ0) is 20.3. The molecule has 1 saturated carbocycles. The number of nitrogens with one attached hydrogen (secondary N) is 1. The van der Waals surface area contributed by atoms with Gasteiger partial charge < -0.3 is 5.32 Å². The van der Waals surface area contributed by atoms with Gasteiger partial charge in [-0.1, -0.05) is 35.8 Å². The van der Waals surface area contributed by atoms with E-state index in [-0.39, 0.29) is 10.9 Å². The number of halogens is 4. The van der Waals surface area contributed by atoms with Crippen molar-refractivity contribution in [2.45, 2.75) is 25.3 Å². The van der Waals surface area contributed by atoms with Crippen molar-refractivity contribution in [3.63, 3.8) is 0 Å². The van der Waals surface area contributed by atoms with Crippen LogP contribution in [0.5, 0.6) is 0 Å². The van der Waals surface area contributed by atoms with Crippen LogP contribution in [-0.4, -0.2) is 29.9 Å². The molecule has 7 heteroatoms. The van der Waals surface area contributed by atoms with Crippen molar-refractivity contribution in [2.24, 2.45) is 11.8 Å². The molecule has 1 aliphatic carbocycles. The lowest BCUT2D eigenvalue weighted by atomic mass is 9.97. The maximum atomic E-state index is 14.8. The number of anilines is 1. The minimum atomic E-state index is -0.801. The summed E-state index contributed by atoms with van der Waals surface area (Å²) in [4.78, 5) is 15.0. The average Bonchev–Trinajstić information content (AvgIpc) is 3.35. The maximum absolute atomic E-state index is 14.8. The van der Waals surface area contributed by atoms with Gasteiger partial charge in [-0.3, -0.25) is 9.69 Å². The summed E-state index contributed by atoms with van der Waals surface area (Å²) in [5, 5.41) is 3.05. The third-order valence-corrected chi connectivity index (χ3v) is 5.47. The second-order valence-electron chi connectivity index (χ2n) is 7.25. The van der Waals surface area contributed by atoms with Crippen molar-refractivity contribution in [1.29, 1.82) is 0 Å². The van der Waals surface area contributed by atoms with Crippen LogP contribution in [0.4, 0.5) is 14.5 Å². The number of carbonyl (C=O) groups is 1. The minimum absolute atomic E-state index is 0.291. The summed E-state index contributed by atoms with van der Waals surface area (Å²) in [5.41, 5.74) is 0.559. The average molecular weight is 427 g/mol. The van der Waals surface area contributed by atoms with Crippen molar-refractivity contribution in [1.82, 2.24) is 4.90 Å². The van der Waals surface area contributed by atoms with Crippen molar-refractivity contribution in [2.75, 3.05) is 18.4 Å². The van der Waals surface area contributed by atoms with Gasteiger partial charge in [-0.2, -0.15) is 0 Å². The Balaban J connectivity index is 1.80. The number of benzene rings is 1. The molecule has 2 atom stereocenters. The van der Waals surface area contributed by atoms with Crippen molar-refractivity contribution >= 4 is 34.8 Å². The number of nitrogens with zero attached hydrogens (tertiary/aromatic N) is 1. The first kappa shape index (κ1) is 21.0. The molecule has 1 aromatic carbocycles. The summed E-state index contributed by atoms with van der Waals surface area (Å²) in [6, 6.07) is 6.16. The summed E-state index contributed by atoms with van der Waals surface area (Å²) in [6.45, 7) is 4.65. The molecule has 2 unspecified atom stereocenters. The van der Waals surface area contributed by atoms with Gasteiger partial charge in [-0.25, -0.2) is 8.78 Å². The number of carbonyl (C=O) groups excluding carboxylic acids is 1. The van der Waals surface area contributed by atoms with E-state index in [1.807, 2.05) is 4.90 Å². The smallest absolute Gasteiger partial charge is 0.242 e. The molecule has 3 nitrogen and oxygen atoms in total. The van der Waals surface area contributed by atoms with Crippen LogP contribution in [0.2, 0.25) is 5.02 Å². The van der Waals surface area contributed by atoms with Gasteiger partial charge in [0.1, 0.15) is 11.7 Å². The van der Waals surface area contributed by atoms with Crippen LogP contribution in [0.25, 0.3) is 0 Å². The van der Waals surface area contributed by atoms with E-state index in [2.05, 4.69) is 11.9 Å². The predicted octanol–water partition coefficient (Wildman–Crippen LogP) is 5.84. The van der Waals surface area contributed by atoms with Gasteiger partial charge in [-0.05, 0) is 62.1 Å². The molecular formula is C21H22Cl2F2N2O. The van der Waals surface area contributed by atoms with Crippen LogP contribution in [0, 0.1) is 11.8 Å². The largest absolute Gasteiger partial charge is 0.325 e. The lowest BCUT2D eigenvalue weighted by Gasteiger charge is -2.26. The van der Waals surface area contributed by atoms with Gasteiger partial charge in [0.25, 0.3) is 0 Å². The molecule has 0 radical (unpaired) electrons.